The lowest BCUT2D eigenvalue weighted by atomic mass is 10.2. The van der Waals surface area contributed by atoms with E-state index in [1.54, 1.807) is 0 Å². The topological polar surface area (TPSA) is 112 Å². The Bertz CT molecular complexity index is 397. The molecule has 1 unspecified atom stereocenters. The molecule has 0 aromatic carbocycles. The third kappa shape index (κ3) is 4.78. The molecule has 0 fully saturated rings. The van der Waals surface area contributed by atoms with Crippen LogP contribution in [0.4, 0.5) is 17.8 Å². The number of hydrogen-bond acceptors (Lipinski definition) is 8. The van der Waals surface area contributed by atoms with Crippen molar-refractivity contribution in [3.8, 4) is 0 Å². The van der Waals surface area contributed by atoms with Crippen molar-refractivity contribution in [2.24, 2.45) is 5.84 Å². The molecule has 8 nitrogen and oxygen atoms in total. The number of nitrogens with one attached hydrogen (secondary N) is 2. The first kappa shape index (κ1) is 16.4. The zero-order valence-corrected chi connectivity index (χ0v) is 12.4. The van der Waals surface area contributed by atoms with Gasteiger partial charge in [0.25, 0.3) is 0 Å². The average Bonchev–Trinajstić information content (AvgIpc) is 2.46. The second-order valence-corrected chi connectivity index (χ2v) is 4.42. The van der Waals surface area contributed by atoms with Gasteiger partial charge in [-0.15, -0.1) is 0 Å². The van der Waals surface area contributed by atoms with Gasteiger partial charge in [0.2, 0.25) is 17.8 Å². The number of rotatable bonds is 9. The maximum absolute atomic E-state index is 9.72. The number of hydrazine groups is 1. The largest absolute Gasteiger partial charge is 0.391 e. The van der Waals surface area contributed by atoms with Gasteiger partial charge in [-0.25, -0.2) is 5.84 Å². The van der Waals surface area contributed by atoms with Crippen molar-refractivity contribution in [1.82, 2.24) is 15.0 Å². The standard InChI is InChI=1S/C12H25N7O/c1-4-7-9(20)8-14-10-15-11(18-13)17-12(16-10)19(5-2)6-3/h9,20H,4-8,13H2,1-3H3,(H2,14,15,16,17,18). The van der Waals surface area contributed by atoms with E-state index < -0.39 is 6.10 Å². The molecule has 1 aromatic heterocycles. The monoisotopic (exact) mass is 283 g/mol. The van der Waals surface area contributed by atoms with Gasteiger partial charge in [-0.1, -0.05) is 13.3 Å². The molecule has 8 heteroatoms. The van der Waals surface area contributed by atoms with E-state index in [4.69, 9.17) is 5.84 Å². The molecule has 1 rings (SSSR count). The number of nitrogens with zero attached hydrogens (tertiary/aromatic N) is 4. The molecule has 0 radical (unpaired) electrons. The normalized spacial score (nSPS) is 12.1. The van der Waals surface area contributed by atoms with Crippen molar-refractivity contribution in [1.29, 1.82) is 0 Å². The predicted octanol–water partition coefficient (Wildman–Crippen LogP) is 0.576. The van der Waals surface area contributed by atoms with Crippen LogP contribution in [0.1, 0.15) is 33.6 Å². The number of hydrogen-bond donors (Lipinski definition) is 4. The van der Waals surface area contributed by atoms with Crippen molar-refractivity contribution < 1.29 is 5.11 Å². The molecule has 0 saturated carbocycles. The Hall–Kier alpha value is -1.67. The second-order valence-electron chi connectivity index (χ2n) is 4.42. The minimum absolute atomic E-state index is 0.300. The molecule has 0 aliphatic carbocycles. The van der Waals surface area contributed by atoms with Gasteiger partial charge in [-0.2, -0.15) is 15.0 Å². The Morgan fingerprint density at radius 1 is 1.15 bits per heavy atom. The van der Waals surface area contributed by atoms with Gasteiger partial charge in [0.15, 0.2) is 0 Å². The van der Waals surface area contributed by atoms with Crippen LogP contribution in [0.3, 0.4) is 0 Å². The van der Waals surface area contributed by atoms with Gasteiger partial charge in [-0.3, -0.25) is 5.43 Å². The molecule has 0 saturated heterocycles. The fourth-order valence-electron chi connectivity index (χ4n) is 1.80. The van der Waals surface area contributed by atoms with E-state index in [0.29, 0.717) is 24.4 Å². The number of aliphatic hydroxyl groups excluding tert-OH is 1. The average molecular weight is 283 g/mol. The summed E-state index contributed by atoms with van der Waals surface area (Å²) in [6, 6.07) is 0. The van der Waals surface area contributed by atoms with Crippen LogP contribution in [-0.4, -0.2) is 45.8 Å². The summed E-state index contributed by atoms with van der Waals surface area (Å²) in [5.74, 6) is 6.64. The van der Waals surface area contributed by atoms with Crippen LogP contribution < -0.4 is 21.5 Å². The molecule has 0 aliphatic heterocycles. The SMILES string of the molecule is CCCC(O)CNc1nc(NN)nc(N(CC)CC)n1. The van der Waals surface area contributed by atoms with E-state index in [9.17, 15) is 5.11 Å². The zero-order chi connectivity index (χ0) is 15.0. The lowest BCUT2D eigenvalue weighted by Gasteiger charge is -2.19. The van der Waals surface area contributed by atoms with Gasteiger partial charge in [0.05, 0.1) is 6.10 Å². The fourth-order valence-corrected chi connectivity index (χ4v) is 1.80. The highest BCUT2D eigenvalue weighted by molar-refractivity contribution is 5.43. The van der Waals surface area contributed by atoms with Gasteiger partial charge in [-0.05, 0) is 20.3 Å². The first-order valence-electron chi connectivity index (χ1n) is 7.04. The van der Waals surface area contributed by atoms with E-state index in [-0.39, 0.29) is 0 Å². The highest BCUT2D eigenvalue weighted by atomic mass is 16.3. The molecule has 0 amide bonds. The van der Waals surface area contributed by atoms with Gasteiger partial charge < -0.3 is 15.3 Å². The van der Waals surface area contributed by atoms with Crippen molar-refractivity contribution in [3.63, 3.8) is 0 Å². The summed E-state index contributed by atoms with van der Waals surface area (Å²) < 4.78 is 0. The Balaban J connectivity index is 2.82. The highest BCUT2D eigenvalue weighted by Gasteiger charge is 2.11. The predicted molar refractivity (Wildman–Crippen MR) is 80.6 cm³/mol. The van der Waals surface area contributed by atoms with Crippen molar-refractivity contribution >= 4 is 17.8 Å². The first-order chi connectivity index (χ1) is 9.64. The van der Waals surface area contributed by atoms with Crippen LogP contribution in [0.5, 0.6) is 0 Å². The van der Waals surface area contributed by atoms with Crippen molar-refractivity contribution in [2.45, 2.75) is 39.7 Å². The van der Waals surface area contributed by atoms with Crippen LogP contribution in [0, 0.1) is 0 Å². The van der Waals surface area contributed by atoms with Gasteiger partial charge in [0.1, 0.15) is 0 Å². The third-order valence-electron chi connectivity index (χ3n) is 2.92. The molecular formula is C12H25N7O. The van der Waals surface area contributed by atoms with Crippen LogP contribution in [-0.2, 0) is 0 Å². The molecular weight excluding hydrogens is 258 g/mol. The molecule has 1 aromatic rings. The Kier molecular flexibility index (Phi) is 6.96. The van der Waals surface area contributed by atoms with Crippen LogP contribution in [0.15, 0.2) is 0 Å². The van der Waals surface area contributed by atoms with Crippen LogP contribution in [0.25, 0.3) is 0 Å². The molecule has 1 atom stereocenters. The van der Waals surface area contributed by atoms with Crippen LogP contribution in [0.2, 0.25) is 0 Å². The highest BCUT2D eigenvalue weighted by Crippen LogP contribution is 2.13. The molecule has 0 aliphatic rings. The fraction of sp³-hybridized carbons (Fsp3) is 0.750. The first-order valence-corrected chi connectivity index (χ1v) is 7.04. The number of aliphatic hydroxyl groups is 1. The summed E-state index contributed by atoms with van der Waals surface area (Å²) in [5.41, 5.74) is 2.43. The molecule has 114 valence electrons. The molecule has 5 N–H and O–H groups in total. The second kappa shape index (κ2) is 8.49. The van der Waals surface area contributed by atoms with E-state index in [2.05, 4.69) is 25.7 Å². The minimum Gasteiger partial charge on any atom is -0.391 e. The Labute approximate surface area is 119 Å². The quantitative estimate of drug-likeness (QED) is 0.384. The lowest BCUT2D eigenvalue weighted by molar-refractivity contribution is 0.176. The minimum atomic E-state index is -0.414. The number of nitrogens with two attached hydrogens (primary N) is 1. The third-order valence-corrected chi connectivity index (χ3v) is 2.92. The number of anilines is 3. The van der Waals surface area contributed by atoms with Crippen molar-refractivity contribution in [3.05, 3.63) is 0 Å². The van der Waals surface area contributed by atoms with E-state index in [1.807, 2.05) is 25.7 Å². The molecule has 0 spiro atoms. The summed E-state index contributed by atoms with van der Waals surface area (Å²) in [6.07, 6.45) is 1.26. The lowest BCUT2D eigenvalue weighted by Crippen LogP contribution is -2.27. The zero-order valence-electron chi connectivity index (χ0n) is 12.4. The summed E-state index contributed by atoms with van der Waals surface area (Å²) in [4.78, 5) is 14.7. The maximum Gasteiger partial charge on any atom is 0.243 e. The van der Waals surface area contributed by atoms with Gasteiger partial charge >= 0.3 is 0 Å². The number of nitrogen functional groups attached to an aromatic ring is 1. The smallest absolute Gasteiger partial charge is 0.243 e. The van der Waals surface area contributed by atoms with E-state index in [0.717, 1.165) is 25.9 Å². The summed E-state index contributed by atoms with van der Waals surface area (Å²) in [5, 5.41) is 12.7. The maximum atomic E-state index is 9.72. The van der Waals surface area contributed by atoms with Crippen molar-refractivity contribution in [2.75, 3.05) is 35.3 Å². The van der Waals surface area contributed by atoms with E-state index >= 15 is 0 Å². The molecule has 20 heavy (non-hydrogen) atoms. The summed E-state index contributed by atoms with van der Waals surface area (Å²) in [6.45, 7) is 8.08. The van der Waals surface area contributed by atoms with Gasteiger partial charge in [0, 0.05) is 19.6 Å². The van der Waals surface area contributed by atoms with Crippen LogP contribution >= 0.6 is 0 Å². The summed E-state index contributed by atoms with van der Waals surface area (Å²) in [7, 11) is 0. The molecule has 1 heterocycles. The Morgan fingerprint density at radius 3 is 2.35 bits per heavy atom. The Morgan fingerprint density at radius 2 is 1.80 bits per heavy atom. The number of aromatic nitrogens is 3. The summed E-state index contributed by atoms with van der Waals surface area (Å²) >= 11 is 0. The molecule has 0 bridgehead atoms. The van der Waals surface area contributed by atoms with E-state index in [1.165, 1.54) is 0 Å².